The number of rotatable bonds is 10. The molecule has 0 N–H and O–H groups in total. The van der Waals surface area contributed by atoms with E-state index >= 15 is 0 Å². The standard InChI is InChI=1S/2C59H36N4S/c1-4-17-37(18-5-1)40-23-16-24-41(33-40)57-61-56(39-21-8-3-9-22-39)62-58(63-57)42-31-32-44-45-36-51-46(35-47(45)55(60-52(44)34-42)38-19-6-2-7-20-38)43-25-10-11-26-48(43)59(51)49-27-12-14-29-53(49)64-54-30-15-13-28-50(54)59;1-4-16-37(17-5-1)38-28-30-41(31-29-38)57-61-56(40-20-8-3-9-21-40)62-58(63-57)42-32-33-44-45-36-51-46(35-47(45)55(60-52(44)34-42)39-18-6-2-7-19-39)43-22-10-11-23-48(43)59(51)49-24-12-14-26-53(49)64-54-27-15-13-25-50(54)59/h2*1-36H. The monoisotopic (exact) mass is 1660 g/mol. The summed E-state index contributed by atoms with van der Waals surface area (Å²) >= 11 is 3.74. The van der Waals surface area contributed by atoms with Crippen molar-refractivity contribution < 1.29 is 0 Å². The molecule has 4 aromatic heterocycles. The van der Waals surface area contributed by atoms with E-state index in [1.54, 1.807) is 0 Å². The maximum Gasteiger partial charge on any atom is 0.164 e. The Morgan fingerprint density at radius 2 is 0.414 bits per heavy atom. The van der Waals surface area contributed by atoms with Crippen LogP contribution in [0.2, 0.25) is 0 Å². The van der Waals surface area contributed by atoms with Gasteiger partial charge in [0, 0.05) is 85.6 Å². The summed E-state index contributed by atoms with van der Waals surface area (Å²) in [6, 6.07) is 156. The Morgan fingerprint density at radius 1 is 0.148 bits per heavy atom. The van der Waals surface area contributed by atoms with Gasteiger partial charge in [-0.3, -0.25) is 0 Å². The first-order chi connectivity index (χ1) is 63.4. The number of hydrogen-bond donors (Lipinski definition) is 0. The highest BCUT2D eigenvalue weighted by molar-refractivity contribution is 7.99. The molecule has 18 aromatic carbocycles. The predicted octanol–water partition coefficient (Wildman–Crippen LogP) is 29.5. The molecule has 0 saturated carbocycles. The van der Waals surface area contributed by atoms with Crippen molar-refractivity contribution >= 4 is 66.9 Å². The fourth-order valence-electron chi connectivity index (χ4n) is 20.2. The lowest BCUT2D eigenvalue weighted by Gasteiger charge is -2.39. The van der Waals surface area contributed by atoms with Crippen molar-refractivity contribution in [2.75, 3.05) is 0 Å². The van der Waals surface area contributed by atoms with Crippen molar-refractivity contribution in [1.29, 1.82) is 0 Å². The maximum absolute atomic E-state index is 5.55. The molecule has 0 bridgehead atoms. The van der Waals surface area contributed by atoms with Crippen molar-refractivity contribution in [3.05, 3.63) is 481 Å². The lowest BCUT2D eigenvalue weighted by atomic mass is 9.67. The molecule has 0 amide bonds. The van der Waals surface area contributed by atoms with E-state index in [1.807, 2.05) is 84.2 Å². The van der Waals surface area contributed by atoms with E-state index in [-0.39, 0.29) is 0 Å². The summed E-state index contributed by atoms with van der Waals surface area (Å²) < 4.78 is 0. The first kappa shape index (κ1) is 74.6. The number of hydrogen-bond acceptors (Lipinski definition) is 10. The van der Waals surface area contributed by atoms with E-state index in [1.165, 1.54) is 91.9 Å². The van der Waals surface area contributed by atoms with E-state index < -0.39 is 10.8 Å². The average molecular weight is 1670 g/mol. The van der Waals surface area contributed by atoms with Gasteiger partial charge in [-0.25, -0.2) is 39.9 Å². The summed E-state index contributed by atoms with van der Waals surface area (Å²) in [5.74, 6) is 3.66. The highest BCUT2D eigenvalue weighted by atomic mass is 32.2. The van der Waals surface area contributed by atoms with Gasteiger partial charge in [-0.15, -0.1) is 0 Å². The normalized spacial score (nSPS) is 13.1. The molecule has 8 nitrogen and oxygen atoms in total. The second-order valence-electron chi connectivity index (χ2n) is 33.0. The smallest absolute Gasteiger partial charge is 0.164 e. The number of aromatic nitrogens is 8. The molecule has 2 aliphatic heterocycles. The van der Waals surface area contributed by atoms with Crippen molar-refractivity contribution in [2.45, 2.75) is 30.4 Å². The number of benzene rings is 18. The van der Waals surface area contributed by atoms with Crippen molar-refractivity contribution in [1.82, 2.24) is 39.9 Å². The average Bonchev–Trinajstić information content (AvgIpc) is 1.51. The molecule has 26 rings (SSSR count). The Kier molecular flexibility index (Phi) is 17.8. The highest BCUT2D eigenvalue weighted by Crippen LogP contribution is 2.65. The lowest BCUT2D eigenvalue weighted by molar-refractivity contribution is 0.723. The molecule has 128 heavy (non-hydrogen) atoms. The zero-order valence-electron chi connectivity index (χ0n) is 69.0. The third-order valence-corrected chi connectivity index (χ3v) is 28.2. The Labute approximate surface area is 748 Å². The molecule has 0 unspecified atom stereocenters. The molecule has 10 heteroatoms. The van der Waals surface area contributed by atoms with Crippen LogP contribution in [-0.4, -0.2) is 39.9 Å². The van der Waals surface area contributed by atoms with E-state index in [9.17, 15) is 0 Å². The summed E-state index contributed by atoms with van der Waals surface area (Å²) in [5, 5.41) is 6.72. The van der Waals surface area contributed by atoms with Crippen molar-refractivity contribution in [3.8, 4) is 135 Å². The van der Waals surface area contributed by atoms with Crippen LogP contribution in [0.3, 0.4) is 0 Å². The zero-order chi connectivity index (χ0) is 84.4. The quantitative estimate of drug-likeness (QED) is 0.123. The third kappa shape index (κ3) is 12.2. The largest absolute Gasteiger partial charge is 0.247 e. The second-order valence-corrected chi connectivity index (χ2v) is 35.2. The summed E-state index contributed by atoms with van der Waals surface area (Å²) in [6.07, 6.45) is 0. The van der Waals surface area contributed by atoms with Gasteiger partial charge >= 0.3 is 0 Å². The molecule has 6 heterocycles. The zero-order valence-corrected chi connectivity index (χ0v) is 70.6. The Morgan fingerprint density at radius 3 is 0.797 bits per heavy atom. The second kappa shape index (κ2) is 30.5. The summed E-state index contributed by atoms with van der Waals surface area (Å²) in [5.41, 5.74) is 30.3. The maximum atomic E-state index is 5.55. The molecule has 2 aliphatic carbocycles. The summed E-state index contributed by atoms with van der Waals surface area (Å²) in [4.78, 5) is 47.0. The molecule has 4 aliphatic rings. The van der Waals surface area contributed by atoms with Crippen LogP contribution >= 0.6 is 23.5 Å². The summed E-state index contributed by atoms with van der Waals surface area (Å²) in [7, 11) is 0. The summed E-state index contributed by atoms with van der Waals surface area (Å²) in [6.45, 7) is 0. The minimum Gasteiger partial charge on any atom is -0.247 e. The number of pyridine rings is 2. The number of nitrogens with zero attached hydrogens (tertiary/aromatic N) is 8. The van der Waals surface area contributed by atoms with Gasteiger partial charge in [0.1, 0.15) is 0 Å². The SMILES string of the molecule is c1ccc(-c2ccc(-c3nc(-c4ccccc4)nc(-c4ccc5c(c4)nc(-c4ccccc4)c4cc6c(cc45)C4(c5ccccc5Sc5ccccc54)c4ccccc4-6)n3)cc2)cc1.c1ccc(-c2cccc(-c3nc(-c4ccccc4)nc(-c4ccc5c(c4)nc(-c4ccccc4)c4cc6c(cc45)C4(c5ccccc5Sc5ccccc54)c4ccccc4-6)n3)c2)cc1. The molecule has 0 saturated heterocycles. The Bertz CT molecular complexity index is 8150. The molecular weight excluding hydrogens is 1590 g/mol. The van der Waals surface area contributed by atoms with Gasteiger partial charge < -0.3 is 0 Å². The van der Waals surface area contributed by atoms with Crippen LogP contribution < -0.4 is 0 Å². The van der Waals surface area contributed by atoms with E-state index in [2.05, 4.69) is 376 Å². The van der Waals surface area contributed by atoms with E-state index in [0.29, 0.717) is 34.9 Å². The van der Waals surface area contributed by atoms with Crippen molar-refractivity contribution in [3.63, 3.8) is 0 Å². The van der Waals surface area contributed by atoms with Gasteiger partial charge in [0.05, 0.1) is 33.3 Å². The topological polar surface area (TPSA) is 103 Å². The molecule has 2 spiro atoms. The molecular formula is C118H72N8S2. The van der Waals surface area contributed by atoms with Crippen LogP contribution in [0.1, 0.15) is 44.5 Å². The van der Waals surface area contributed by atoms with Gasteiger partial charge in [0.25, 0.3) is 0 Å². The Hall–Kier alpha value is -16.0. The highest BCUT2D eigenvalue weighted by Gasteiger charge is 2.52. The van der Waals surface area contributed by atoms with Gasteiger partial charge in [-0.05, 0) is 167 Å². The van der Waals surface area contributed by atoms with Crippen LogP contribution in [0.25, 0.3) is 179 Å². The number of fused-ring (bicyclic) bond motifs is 24. The first-order valence-electron chi connectivity index (χ1n) is 43.3. The van der Waals surface area contributed by atoms with Gasteiger partial charge in [-0.2, -0.15) is 0 Å². The predicted molar refractivity (Wildman–Crippen MR) is 522 cm³/mol. The third-order valence-electron chi connectivity index (χ3n) is 25.9. The first-order valence-corrected chi connectivity index (χ1v) is 44.9. The van der Waals surface area contributed by atoms with Crippen LogP contribution in [-0.2, 0) is 10.8 Å². The minimum atomic E-state index is -0.492. The van der Waals surface area contributed by atoms with E-state index in [0.717, 1.165) is 116 Å². The molecule has 22 aromatic rings. The van der Waals surface area contributed by atoms with E-state index in [4.69, 9.17) is 39.9 Å². The molecule has 0 radical (unpaired) electrons. The van der Waals surface area contributed by atoms with Gasteiger partial charge in [0.2, 0.25) is 0 Å². The van der Waals surface area contributed by atoms with Crippen LogP contribution in [0, 0.1) is 0 Å². The van der Waals surface area contributed by atoms with Crippen LogP contribution in [0.5, 0.6) is 0 Å². The lowest BCUT2D eigenvalue weighted by Crippen LogP contribution is -2.31. The molecule has 596 valence electrons. The van der Waals surface area contributed by atoms with Crippen LogP contribution in [0.15, 0.2) is 456 Å². The Balaban J connectivity index is 0.000000139. The van der Waals surface area contributed by atoms with Gasteiger partial charge in [-0.1, -0.05) is 394 Å². The van der Waals surface area contributed by atoms with Gasteiger partial charge in [0.15, 0.2) is 34.9 Å². The molecule has 0 atom stereocenters. The fraction of sp³-hybridized carbons (Fsp3) is 0.0169. The van der Waals surface area contributed by atoms with Crippen molar-refractivity contribution in [2.24, 2.45) is 0 Å². The minimum absolute atomic E-state index is 0.491. The molecule has 0 fully saturated rings. The van der Waals surface area contributed by atoms with Crippen LogP contribution in [0.4, 0.5) is 0 Å². The fourth-order valence-corrected chi connectivity index (χ4v) is 22.6.